The second kappa shape index (κ2) is 9.84. The van der Waals surface area contributed by atoms with Crippen molar-refractivity contribution < 1.29 is 35.9 Å². The molecule has 3 N–H and O–H groups in total. The molecule has 5 rings (SSSR count). The maximum absolute atomic E-state index is 15.1. The molecular formula is C26H20F6N6O2. The summed E-state index contributed by atoms with van der Waals surface area (Å²) in [7, 11) is 0. The minimum absolute atomic E-state index is 0.127. The fraction of sp³-hybridized carbons (Fsp3) is 0.231. The molecule has 2 amide bonds. The highest BCUT2D eigenvalue weighted by atomic mass is 19.4. The largest absolute Gasteiger partial charge is 0.418 e. The molecule has 1 aliphatic rings. The summed E-state index contributed by atoms with van der Waals surface area (Å²) in [5.74, 6) is -3.33. The Balaban J connectivity index is 1.44. The van der Waals surface area contributed by atoms with Crippen molar-refractivity contribution in [3.05, 3.63) is 82.7 Å². The summed E-state index contributed by atoms with van der Waals surface area (Å²) in [6.45, 7) is 0.891. The number of aryl methyl sites for hydroxylation is 1. The van der Waals surface area contributed by atoms with E-state index in [0.717, 1.165) is 35.1 Å². The first-order valence-corrected chi connectivity index (χ1v) is 11.8. The van der Waals surface area contributed by atoms with Crippen LogP contribution in [-0.4, -0.2) is 56.6 Å². The van der Waals surface area contributed by atoms with Crippen molar-refractivity contribution in [2.45, 2.75) is 25.3 Å². The van der Waals surface area contributed by atoms with Crippen LogP contribution in [-0.2, 0) is 6.18 Å². The number of nitrogens with one attached hydrogen (secondary N) is 1. The average molecular weight is 562 g/mol. The number of carbonyl (C=O) groups excluding carboxylic acids is 2. The number of nitrogens with zero attached hydrogens (tertiary/aromatic N) is 4. The van der Waals surface area contributed by atoms with Crippen LogP contribution in [0.4, 0.5) is 32.2 Å². The van der Waals surface area contributed by atoms with Gasteiger partial charge < -0.3 is 16.0 Å². The van der Waals surface area contributed by atoms with E-state index in [1.54, 1.807) is 0 Å². The number of carbonyl (C=O) groups is 2. The second-order valence-electron chi connectivity index (χ2n) is 9.31. The maximum atomic E-state index is 15.1. The third-order valence-corrected chi connectivity index (χ3v) is 6.67. The van der Waals surface area contributed by atoms with Crippen molar-refractivity contribution in [3.63, 3.8) is 0 Å². The van der Waals surface area contributed by atoms with Gasteiger partial charge in [-0.1, -0.05) is 0 Å². The van der Waals surface area contributed by atoms with Gasteiger partial charge in [0.15, 0.2) is 5.82 Å². The monoisotopic (exact) mass is 562 g/mol. The number of amides is 2. The molecule has 8 nitrogen and oxygen atoms in total. The number of hydrogen-bond donors (Lipinski definition) is 2. The predicted molar refractivity (Wildman–Crippen MR) is 131 cm³/mol. The topological polar surface area (TPSA) is 106 Å². The third-order valence-electron chi connectivity index (χ3n) is 6.67. The van der Waals surface area contributed by atoms with E-state index in [4.69, 9.17) is 5.73 Å². The number of anilines is 1. The Kier molecular flexibility index (Phi) is 6.64. The number of nitrogen functional groups attached to an aromatic ring is 1. The van der Waals surface area contributed by atoms with Gasteiger partial charge in [-0.05, 0) is 55.0 Å². The zero-order valence-electron chi connectivity index (χ0n) is 20.6. The molecule has 3 heterocycles. The number of hydrogen-bond acceptors (Lipinski definition) is 5. The summed E-state index contributed by atoms with van der Waals surface area (Å²) in [4.78, 5) is 30.6. The molecule has 40 heavy (non-hydrogen) atoms. The molecule has 0 bridgehead atoms. The molecule has 0 aliphatic carbocycles. The number of likely N-dealkylation sites (tertiary alicyclic amines) is 1. The highest BCUT2D eigenvalue weighted by Gasteiger charge is 2.38. The van der Waals surface area contributed by atoms with Crippen LogP contribution >= 0.6 is 0 Å². The molecular weight excluding hydrogens is 542 g/mol. The van der Waals surface area contributed by atoms with E-state index >= 15 is 4.39 Å². The SMILES string of the molecule is Cc1cc(F)c(-c2cc(C(F)(F)F)c3c(N)ncnn23)cc1C(=O)N[C@@H]1CN(C(=O)c2ccc(F)cc2)C[C@@H]1F. The van der Waals surface area contributed by atoms with Gasteiger partial charge >= 0.3 is 6.18 Å². The zero-order chi connectivity index (χ0) is 28.9. The highest BCUT2D eigenvalue weighted by Crippen LogP contribution is 2.39. The quantitative estimate of drug-likeness (QED) is 0.363. The van der Waals surface area contributed by atoms with Crippen LogP contribution in [0.3, 0.4) is 0 Å². The van der Waals surface area contributed by atoms with Crippen LogP contribution in [0, 0.1) is 18.6 Å². The lowest BCUT2D eigenvalue weighted by molar-refractivity contribution is -0.136. The van der Waals surface area contributed by atoms with Crippen LogP contribution in [0.2, 0.25) is 0 Å². The Morgan fingerprint density at radius 3 is 2.45 bits per heavy atom. The second-order valence-corrected chi connectivity index (χ2v) is 9.31. The third kappa shape index (κ3) is 4.80. The molecule has 2 aromatic carbocycles. The minimum Gasteiger partial charge on any atom is -0.382 e. The smallest absolute Gasteiger partial charge is 0.382 e. The molecule has 0 radical (unpaired) electrons. The number of aromatic nitrogens is 3. The van der Waals surface area contributed by atoms with Crippen LogP contribution in [0.15, 0.2) is 48.8 Å². The Morgan fingerprint density at radius 2 is 1.77 bits per heavy atom. The van der Waals surface area contributed by atoms with E-state index in [-0.39, 0.29) is 41.0 Å². The fourth-order valence-electron chi connectivity index (χ4n) is 4.68. The number of fused-ring (bicyclic) bond motifs is 1. The summed E-state index contributed by atoms with van der Waals surface area (Å²) >= 11 is 0. The van der Waals surface area contributed by atoms with E-state index in [0.29, 0.717) is 6.07 Å². The van der Waals surface area contributed by atoms with E-state index in [2.05, 4.69) is 15.4 Å². The normalized spacial score (nSPS) is 17.4. The van der Waals surface area contributed by atoms with Crippen LogP contribution < -0.4 is 11.1 Å². The van der Waals surface area contributed by atoms with Crippen LogP contribution in [0.1, 0.15) is 31.8 Å². The Labute approximate surface area is 222 Å². The molecule has 0 saturated carbocycles. The molecule has 0 spiro atoms. The molecule has 208 valence electrons. The van der Waals surface area contributed by atoms with Gasteiger partial charge in [-0.3, -0.25) is 9.59 Å². The van der Waals surface area contributed by atoms with Gasteiger partial charge in [-0.2, -0.15) is 18.3 Å². The van der Waals surface area contributed by atoms with Crippen LogP contribution in [0.5, 0.6) is 0 Å². The minimum atomic E-state index is -4.86. The molecule has 1 saturated heterocycles. The summed E-state index contributed by atoms with van der Waals surface area (Å²) in [6.07, 6.45) is -5.59. The van der Waals surface area contributed by atoms with Crippen molar-refractivity contribution in [1.82, 2.24) is 24.8 Å². The van der Waals surface area contributed by atoms with Gasteiger partial charge in [-0.15, -0.1) is 0 Å². The Bertz CT molecular complexity index is 1640. The Morgan fingerprint density at radius 1 is 1.07 bits per heavy atom. The number of halogens is 6. The van der Waals surface area contributed by atoms with E-state index in [9.17, 15) is 31.5 Å². The average Bonchev–Trinajstić information content (AvgIpc) is 3.46. The van der Waals surface area contributed by atoms with Gasteiger partial charge in [0.1, 0.15) is 29.7 Å². The summed E-state index contributed by atoms with van der Waals surface area (Å²) < 4.78 is 85.0. The lowest BCUT2D eigenvalue weighted by Gasteiger charge is -2.18. The number of benzene rings is 2. The van der Waals surface area contributed by atoms with Crippen molar-refractivity contribution in [3.8, 4) is 11.3 Å². The van der Waals surface area contributed by atoms with Gasteiger partial charge in [0.05, 0.1) is 23.8 Å². The first-order valence-electron chi connectivity index (χ1n) is 11.8. The first-order chi connectivity index (χ1) is 18.8. The van der Waals surface area contributed by atoms with Crippen LogP contribution in [0.25, 0.3) is 16.8 Å². The zero-order valence-corrected chi connectivity index (χ0v) is 20.6. The molecule has 2 atom stereocenters. The lowest BCUT2D eigenvalue weighted by Crippen LogP contribution is -2.42. The predicted octanol–water partition coefficient (Wildman–Crippen LogP) is 4.18. The molecule has 1 aliphatic heterocycles. The van der Waals surface area contributed by atoms with Crippen molar-refractivity contribution in [1.29, 1.82) is 0 Å². The highest BCUT2D eigenvalue weighted by molar-refractivity contribution is 5.98. The summed E-state index contributed by atoms with van der Waals surface area (Å²) in [6, 6.07) is 6.25. The maximum Gasteiger partial charge on any atom is 0.418 e. The Hall–Kier alpha value is -4.62. The summed E-state index contributed by atoms with van der Waals surface area (Å²) in [5.41, 5.74) is 3.33. The molecule has 14 heteroatoms. The molecule has 4 aromatic rings. The van der Waals surface area contributed by atoms with E-state index < -0.39 is 58.7 Å². The van der Waals surface area contributed by atoms with Gasteiger partial charge in [0.25, 0.3) is 11.8 Å². The van der Waals surface area contributed by atoms with E-state index in [1.165, 1.54) is 24.0 Å². The number of nitrogens with two attached hydrogens (primary N) is 1. The lowest BCUT2D eigenvalue weighted by atomic mass is 10.0. The standard InChI is InChI=1S/C26H20F6N6O2/c1-12-6-18(28)16(21-8-17(26(30,31)32)22-23(33)34-11-35-38(21)22)7-15(12)24(39)36-20-10-37(9-19(20)29)25(40)13-2-4-14(27)5-3-13/h2-8,11,19-20H,9-10H2,1H3,(H,36,39)(H2,33,34,35)/t19-,20+/m0/s1. The van der Waals surface area contributed by atoms with Crippen molar-refractivity contribution in [2.75, 3.05) is 18.8 Å². The van der Waals surface area contributed by atoms with Gasteiger partial charge in [0, 0.05) is 23.2 Å². The van der Waals surface area contributed by atoms with Crippen molar-refractivity contribution >= 4 is 23.1 Å². The molecule has 2 aromatic heterocycles. The molecule has 1 fully saturated rings. The van der Waals surface area contributed by atoms with Gasteiger partial charge in [-0.25, -0.2) is 22.7 Å². The first kappa shape index (κ1) is 27.0. The number of alkyl halides is 4. The fourth-order valence-corrected chi connectivity index (χ4v) is 4.68. The van der Waals surface area contributed by atoms with E-state index in [1.807, 2.05) is 0 Å². The molecule has 0 unspecified atom stereocenters. The summed E-state index contributed by atoms with van der Waals surface area (Å²) in [5, 5.41) is 6.27. The van der Waals surface area contributed by atoms with Crippen molar-refractivity contribution in [2.24, 2.45) is 0 Å². The number of rotatable bonds is 4. The van der Waals surface area contributed by atoms with Gasteiger partial charge in [0.2, 0.25) is 0 Å².